The lowest BCUT2D eigenvalue weighted by Gasteiger charge is -2.44. The molecule has 3 fully saturated rings. The molecule has 10 heteroatoms. The van der Waals surface area contributed by atoms with Gasteiger partial charge in [-0.3, -0.25) is 29.0 Å². The second-order valence-electron chi connectivity index (χ2n) is 10.7. The van der Waals surface area contributed by atoms with Crippen LogP contribution in [-0.2, 0) is 28.8 Å². The molecule has 3 aliphatic carbocycles. The van der Waals surface area contributed by atoms with Gasteiger partial charge >= 0.3 is 11.9 Å². The van der Waals surface area contributed by atoms with E-state index in [0.717, 1.165) is 9.80 Å². The van der Waals surface area contributed by atoms with E-state index in [1.807, 2.05) is 0 Å². The highest BCUT2D eigenvalue weighted by molar-refractivity contribution is 6.13. The fourth-order valence-electron chi connectivity index (χ4n) is 6.41. The maximum Gasteiger partial charge on any atom is 0.326 e. The largest absolute Gasteiger partial charge is 0.480 e. The first-order valence-electron chi connectivity index (χ1n) is 11.8. The molecule has 0 spiro atoms. The monoisotopic (exact) mass is 474 g/mol. The van der Waals surface area contributed by atoms with Gasteiger partial charge in [0.1, 0.15) is 12.1 Å². The minimum atomic E-state index is -1.31. The number of allylic oxidation sites excluding steroid dienone is 2. The molecule has 2 saturated heterocycles. The Balaban J connectivity index is 1.70. The summed E-state index contributed by atoms with van der Waals surface area (Å²) in [6, 6.07) is -2.62. The lowest BCUT2D eigenvalue weighted by molar-refractivity contribution is -0.156. The van der Waals surface area contributed by atoms with Crippen molar-refractivity contribution in [1.82, 2.24) is 9.80 Å². The molecule has 2 bridgehead atoms. The van der Waals surface area contributed by atoms with E-state index >= 15 is 0 Å². The second kappa shape index (κ2) is 8.32. The maximum atomic E-state index is 13.4. The van der Waals surface area contributed by atoms with Gasteiger partial charge in [0.05, 0.1) is 23.7 Å². The van der Waals surface area contributed by atoms with E-state index < -0.39 is 83.2 Å². The van der Waals surface area contributed by atoms with E-state index in [1.54, 1.807) is 39.8 Å². The van der Waals surface area contributed by atoms with Crippen molar-refractivity contribution < 1.29 is 39.0 Å². The van der Waals surface area contributed by atoms with Crippen LogP contribution in [0.25, 0.3) is 0 Å². The molecule has 2 N–H and O–H groups in total. The summed E-state index contributed by atoms with van der Waals surface area (Å²) < 4.78 is 0. The molecule has 2 aliphatic heterocycles. The summed E-state index contributed by atoms with van der Waals surface area (Å²) in [5, 5.41) is 19.5. The summed E-state index contributed by atoms with van der Waals surface area (Å²) in [6.45, 7) is 7.19. The van der Waals surface area contributed by atoms with E-state index in [4.69, 9.17) is 0 Å². The van der Waals surface area contributed by atoms with Crippen LogP contribution in [0.15, 0.2) is 12.2 Å². The Morgan fingerprint density at radius 3 is 1.15 bits per heavy atom. The number of carboxylic acids is 2. The van der Waals surface area contributed by atoms with Crippen LogP contribution in [0.1, 0.15) is 40.5 Å². The summed E-state index contributed by atoms with van der Waals surface area (Å²) in [6.07, 6.45) is 3.55. The zero-order valence-corrected chi connectivity index (χ0v) is 19.6. The zero-order chi connectivity index (χ0) is 25.2. The number of carbonyl (C=O) groups excluding carboxylic acids is 4. The van der Waals surface area contributed by atoms with Gasteiger partial charge in [-0.15, -0.1) is 0 Å². The van der Waals surface area contributed by atoms with Crippen molar-refractivity contribution in [3.63, 3.8) is 0 Å². The minimum Gasteiger partial charge on any atom is -0.480 e. The van der Waals surface area contributed by atoms with Gasteiger partial charge in [0.25, 0.3) is 0 Å². The highest BCUT2D eigenvalue weighted by atomic mass is 16.4. The zero-order valence-electron chi connectivity index (χ0n) is 19.6. The van der Waals surface area contributed by atoms with Crippen LogP contribution in [-0.4, -0.2) is 67.7 Å². The highest BCUT2D eigenvalue weighted by Crippen LogP contribution is 2.58. The van der Waals surface area contributed by atoms with Crippen molar-refractivity contribution >= 4 is 35.6 Å². The molecule has 4 amide bonds. The van der Waals surface area contributed by atoms with Crippen molar-refractivity contribution in [3.05, 3.63) is 12.2 Å². The number of likely N-dealkylation sites (tertiary alicyclic amines) is 2. The maximum absolute atomic E-state index is 13.4. The number of hydrogen-bond donors (Lipinski definition) is 2. The van der Waals surface area contributed by atoms with E-state index in [1.165, 1.54) is 0 Å². The van der Waals surface area contributed by atoms with Gasteiger partial charge in [0.2, 0.25) is 23.6 Å². The molecule has 0 radical (unpaired) electrons. The summed E-state index contributed by atoms with van der Waals surface area (Å²) in [5.41, 5.74) is 0. The molecule has 0 aromatic rings. The lowest BCUT2D eigenvalue weighted by atomic mass is 9.54. The average Bonchev–Trinajstić information content (AvgIpc) is 3.17. The number of carbonyl (C=O) groups is 6. The van der Waals surface area contributed by atoms with Crippen LogP contribution < -0.4 is 0 Å². The van der Waals surface area contributed by atoms with Crippen LogP contribution in [0.3, 0.4) is 0 Å². The first kappa shape index (κ1) is 24.1. The Morgan fingerprint density at radius 2 is 0.941 bits per heavy atom. The number of nitrogens with zero attached hydrogens (tertiary/aromatic N) is 2. The quantitative estimate of drug-likeness (QED) is 0.391. The summed E-state index contributed by atoms with van der Waals surface area (Å²) in [5.74, 6) is -10.4. The standard InChI is InChI=1S/C24H30N2O8/c1-9(2)7-13(23(31)32)25-19(27)15-11-5-6-12(16(15)20(25)28)18-17(11)21(29)26(22(18)30)14(24(33)34)8-10(3)4/h5-6,9-18H,7-8H2,1-4H3,(H,31,32)(H,33,34)/t11?,12?,13-,14-,15-,16-,17+,18+/m0/s1. The number of amides is 4. The second-order valence-corrected chi connectivity index (χ2v) is 10.7. The Kier molecular flexibility index (Phi) is 5.90. The fourth-order valence-corrected chi connectivity index (χ4v) is 6.41. The van der Waals surface area contributed by atoms with Gasteiger partial charge in [0, 0.05) is 11.8 Å². The first-order valence-corrected chi connectivity index (χ1v) is 11.8. The molecular weight excluding hydrogens is 444 g/mol. The van der Waals surface area contributed by atoms with E-state index in [0.29, 0.717) is 0 Å². The van der Waals surface area contributed by atoms with Crippen molar-refractivity contribution in [2.75, 3.05) is 0 Å². The number of rotatable bonds is 8. The van der Waals surface area contributed by atoms with Crippen LogP contribution >= 0.6 is 0 Å². The van der Waals surface area contributed by atoms with Gasteiger partial charge in [-0.2, -0.15) is 0 Å². The van der Waals surface area contributed by atoms with Gasteiger partial charge < -0.3 is 10.2 Å². The van der Waals surface area contributed by atoms with Crippen LogP contribution in [0.5, 0.6) is 0 Å². The van der Waals surface area contributed by atoms with Crippen molar-refractivity contribution in [2.45, 2.75) is 52.6 Å². The smallest absolute Gasteiger partial charge is 0.326 e. The lowest BCUT2D eigenvalue weighted by Crippen LogP contribution is -2.50. The van der Waals surface area contributed by atoms with Gasteiger partial charge in [-0.05, 0) is 24.7 Å². The summed E-state index contributed by atoms with van der Waals surface area (Å²) in [4.78, 5) is 79.2. The minimum absolute atomic E-state index is 0.0795. The van der Waals surface area contributed by atoms with E-state index in [9.17, 15) is 39.0 Å². The molecule has 10 nitrogen and oxygen atoms in total. The summed E-state index contributed by atoms with van der Waals surface area (Å²) in [7, 11) is 0. The Bertz CT molecular complexity index is 879. The molecule has 34 heavy (non-hydrogen) atoms. The molecule has 1 saturated carbocycles. The van der Waals surface area contributed by atoms with Gasteiger partial charge in [0.15, 0.2) is 0 Å². The van der Waals surface area contributed by atoms with Crippen LogP contribution in [0, 0.1) is 47.3 Å². The number of imide groups is 2. The topological polar surface area (TPSA) is 149 Å². The SMILES string of the molecule is CC(C)C[C@@H](C(=O)O)N1C(=O)[C@@H]2C3C=CC([C@H]2C1=O)[C@@H]1C(=O)N([C@@H](CC(C)C)C(=O)O)C(=O)[C@@H]31. The van der Waals surface area contributed by atoms with Crippen molar-refractivity contribution in [1.29, 1.82) is 0 Å². The van der Waals surface area contributed by atoms with Crippen LogP contribution in [0.4, 0.5) is 0 Å². The fraction of sp³-hybridized carbons (Fsp3) is 0.667. The summed E-state index contributed by atoms with van der Waals surface area (Å²) >= 11 is 0. The predicted octanol–water partition coefficient (Wildman–Crippen LogP) is 1.00. The number of aliphatic carboxylic acids is 2. The van der Waals surface area contributed by atoms with Crippen LogP contribution in [0.2, 0.25) is 0 Å². The van der Waals surface area contributed by atoms with E-state index in [2.05, 4.69) is 0 Å². The third-order valence-corrected chi connectivity index (χ3v) is 7.66. The number of carboxylic acid groups (broad SMARTS) is 2. The first-order chi connectivity index (χ1) is 15.9. The molecule has 5 aliphatic rings. The van der Waals surface area contributed by atoms with E-state index in [-0.39, 0.29) is 24.7 Å². The molecule has 8 atom stereocenters. The molecule has 184 valence electrons. The molecule has 2 heterocycles. The molecular formula is C24H30N2O8. The van der Waals surface area contributed by atoms with Gasteiger partial charge in [-0.25, -0.2) is 9.59 Å². The van der Waals surface area contributed by atoms with Crippen molar-refractivity contribution in [2.24, 2.45) is 47.3 Å². The Morgan fingerprint density at radius 1 is 0.676 bits per heavy atom. The Labute approximate surface area is 196 Å². The third kappa shape index (κ3) is 3.37. The van der Waals surface area contributed by atoms with Gasteiger partial charge in [-0.1, -0.05) is 39.8 Å². The molecule has 0 aromatic heterocycles. The average molecular weight is 475 g/mol. The highest BCUT2D eigenvalue weighted by Gasteiger charge is 2.70. The molecule has 5 rings (SSSR count). The molecule has 2 unspecified atom stereocenters. The number of hydrogen-bond acceptors (Lipinski definition) is 6. The predicted molar refractivity (Wildman–Crippen MR) is 116 cm³/mol. The third-order valence-electron chi connectivity index (χ3n) is 7.66. The molecule has 0 aromatic carbocycles. The Hall–Kier alpha value is -3.04. The normalized spacial score (nSPS) is 33.7. The van der Waals surface area contributed by atoms with Crippen molar-refractivity contribution in [3.8, 4) is 0 Å².